The molecular weight excluding hydrogens is 344 g/mol. The third-order valence-electron chi connectivity index (χ3n) is 4.73. The topological polar surface area (TPSA) is 53.3 Å². The Morgan fingerprint density at radius 3 is 2.62 bits per heavy atom. The van der Waals surface area contributed by atoms with Crippen LogP contribution in [0.2, 0.25) is 0 Å². The maximum Gasteiger partial charge on any atom is 0.174 e. The normalized spacial score (nSPS) is 19.6. The molecule has 1 saturated heterocycles. The summed E-state index contributed by atoms with van der Waals surface area (Å²) in [7, 11) is 0. The smallest absolute Gasteiger partial charge is 0.174 e. The van der Waals surface area contributed by atoms with Gasteiger partial charge in [-0.15, -0.1) is 0 Å². The Bertz CT molecular complexity index is 907. The second-order valence-corrected chi connectivity index (χ2v) is 6.62. The van der Waals surface area contributed by atoms with Crippen molar-refractivity contribution in [2.45, 2.75) is 25.6 Å². The molecule has 3 heterocycles. The lowest BCUT2D eigenvalue weighted by Gasteiger charge is -2.28. The largest absolute Gasteiger partial charge is 0.508 e. The van der Waals surface area contributed by atoms with Crippen molar-refractivity contribution in [3.63, 3.8) is 0 Å². The van der Waals surface area contributed by atoms with E-state index in [-0.39, 0.29) is 17.8 Å². The molecule has 2 aromatic heterocycles. The molecule has 4 rings (SSSR count). The van der Waals surface area contributed by atoms with E-state index in [4.69, 9.17) is 12.2 Å². The molecule has 26 heavy (non-hydrogen) atoms. The second-order valence-electron chi connectivity index (χ2n) is 6.23. The first-order chi connectivity index (χ1) is 12.7. The molecule has 3 aromatic rings. The number of rotatable bonds is 4. The van der Waals surface area contributed by atoms with Crippen molar-refractivity contribution in [2.75, 3.05) is 4.90 Å². The van der Waals surface area contributed by atoms with Gasteiger partial charge in [-0.3, -0.25) is 4.98 Å². The highest BCUT2D eigenvalue weighted by atomic mass is 32.1. The first-order valence-electron chi connectivity index (χ1n) is 8.63. The molecule has 0 aliphatic carbocycles. The number of hydrogen-bond acceptors (Lipinski definition) is 3. The van der Waals surface area contributed by atoms with Crippen LogP contribution in [0.4, 0.5) is 5.69 Å². The zero-order chi connectivity index (χ0) is 18.1. The monoisotopic (exact) mass is 364 g/mol. The molecule has 2 N–H and O–H groups in total. The predicted octanol–water partition coefficient (Wildman–Crippen LogP) is 3.79. The van der Waals surface area contributed by atoms with E-state index in [0.717, 1.165) is 17.9 Å². The van der Waals surface area contributed by atoms with Crippen molar-refractivity contribution in [3.05, 3.63) is 78.4 Å². The van der Waals surface area contributed by atoms with Gasteiger partial charge in [-0.25, -0.2) is 0 Å². The predicted molar refractivity (Wildman–Crippen MR) is 106 cm³/mol. The summed E-state index contributed by atoms with van der Waals surface area (Å²) in [4.78, 5) is 6.66. The van der Waals surface area contributed by atoms with E-state index in [9.17, 15) is 5.11 Å². The molecule has 5 nitrogen and oxygen atoms in total. The number of aromatic nitrogens is 2. The number of nitrogens with zero attached hydrogens (tertiary/aromatic N) is 3. The highest BCUT2D eigenvalue weighted by molar-refractivity contribution is 7.80. The third kappa shape index (κ3) is 2.82. The number of nitrogens with one attached hydrogen (secondary N) is 1. The number of phenolic OH excluding ortho intramolecular Hbond substituents is 1. The Kier molecular flexibility index (Phi) is 4.34. The summed E-state index contributed by atoms with van der Waals surface area (Å²) in [5, 5.41) is 13.7. The van der Waals surface area contributed by atoms with E-state index >= 15 is 0 Å². The van der Waals surface area contributed by atoms with Gasteiger partial charge < -0.3 is 19.9 Å². The lowest BCUT2D eigenvalue weighted by Crippen LogP contribution is -2.30. The number of pyridine rings is 1. The fraction of sp³-hybridized carbons (Fsp3) is 0.200. The average molecular weight is 364 g/mol. The minimum absolute atomic E-state index is 0.0307. The van der Waals surface area contributed by atoms with Crippen molar-refractivity contribution < 1.29 is 5.11 Å². The quantitative estimate of drug-likeness (QED) is 0.690. The number of thiocarbonyl (C=S) groups is 1. The molecule has 2 atom stereocenters. The number of anilines is 1. The van der Waals surface area contributed by atoms with Gasteiger partial charge in [0.1, 0.15) is 11.8 Å². The number of aromatic hydroxyl groups is 1. The van der Waals surface area contributed by atoms with Crippen LogP contribution >= 0.6 is 12.2 Å². The number of hydrogen-bond donors (Lipinski definition) is 2. The summed E-state index contributed by atoms with van der Waals surface area (Å²) in [5.74, 6) is 0.238. The van der Waals surface area contributed by atoms with Gasteiger partial charge in [0.05, 0.1) is 11.7 Å². The molecule has 1 aromatic carbocycles. The van der Waals surface area contributed by atoms with Crippen LogP contribution < -0.4 is 10.2 Å². The highest BCUT2D eigenvalue weighted by Crippen LogP contribution is 2.41. The Morgan fingerprint density at radius 1 is 1.12 bits per heavy atom. The number of phenols is 1. The molecule has 0 spiro atoms. The Balaban J connectivity index is 1.84. The molecule has 0 bridgehead atoms. The molecule has 0 radical (unpaired) electrons. The number of aryl methyl sites for hydroxylation is 1. The van der Waals surface area contributed by atoms with E-state index < -0.39 is 0 Å². The molecule has 132 valence electrons. The molecule has 1 aliphatic rings. The second kappa shape index (κ2) is 6.80. The van der Waals surface area contributed by atoms with Crippen LogP contribution in [0.5, 0.6) is 5.75 Å². The summed E-state index contributed by atoms with van der Waals surface area (Å²) in [5.41, 5.74) is 3.06. The van der Waals surface area contributed by atoms with Crippen molar-refractivity contribution in [1.82, 2.24) is 14.9 Å². The third-order valence-corrected chi connectivity index (χ3v) is 5.05. The Morgan fingerprint density at radius 2 is 1.92 bits per heavy atom. The molecule has 0 amide bonds. The minimum Gasteiger partial charge on any atom is -0.508 e. The zero-order valence-corrected chi connectivity index (χ0v) is 15.2. The van der Waals surface area contributed by atoms with Gasteiger partial charge in [0.15, 0.2) is 5.11 Å². The zero-order valence-electron chi connectivity index (χ0n) is 14.4. The Labute approximate surface area is 157 Å². The van der Waals surface area contributed by atoms with Crippen LogP contribution in [-0.2, 0) is 6.54 Å². The molecule has 0 unspecified atom stereocenters. The lowest BCUT2D eigenvalue weighted by atomic mass is 10.0. The minimum atomic E-state index is -0.0577. The van der Waals surface area contributed by atoms with Crippen LogP contribution in [0.15, 0.2) is 67.0 Å². The maximum atomic E-state index is 9.65. The molecule has 1 fully saturated rings. The fourth-order valence-electron chi connectivity index (χ4n) is 3.53. The standard InChI is InChI=1S/C20H20N4OS/c1-2-23-13-5-7-17(23)19-18(16-6-3-4-12-21-16)22-20(26)24(19)14-8-10-15(25)11-9-14/h3-13,18-19,25H,2H2,1H3,(H,22,26)/t18-,19+/m1/s1. The molecule has 1 aliphatic heterocycles. The van der Waals surface area contributed by atoms with Gasteiger partial charge >= 0.3 is 0 Å². The summed E-state index contributed by atoms with van der Waals surface area (Å²) >= 11 is 5.68. The number of benzene rings is 1. The highest BCUT2D eigenvalue weighted by Gasteiger charge is 2.41. The molecular formula is C20H20N4OS. The first-order valence-corrected chi connectivity index (χ1v) is 9.04. The lowest BCUT2D eigenvalue weighted by molar-refractivity contribution is 0.475. The molecule has 0 saturated carbocycles. The maximum absolute atomic E-state index is 9.65. The van der Waals surface area contributed by atoms with Crippen molar-refractivity contribution in [3.8, 4) is 5.75 Å². The van der Waals surface area contributed by atoms with Gasteiger partial charge in [0, 0.05) is 30.3 Å². The van der Waals surface area contributed by atoms with Crippen LogP contribution in [0, 0.1) is 0 Å². The van der Waals surface area contributed by atoms with Crippen LogP contribution in [0.25, 0.3) is 0 Å². The van der Waals surface area contributed by atoms with E-state index in [2.05, 4.69) is 45.0 Å². The summed E-state index contributed by atoms with van der Waals surface area (Å²) in [6.45, 7) is 3.01. The van der Waals surface area contributed by atoms with Crippen molar-refractivity contribution in [1.29, 1.82) is 0 Å². The summed E-state index contributed by atoms with van der Waals surface area (Å²) < 4.78 is 2.23. The average Bonchev–Trinajstić information content (AvgIpc) is 3.27. The van der Waals surface area contributed by atoms with Gasteiger partial charge in [-0.05, 0) is 67.7 Å². The fourth-order valence-corrected chi connectivity index (χ4v) is 3.88. The van der Waals surface area contributed by atoms with Gasteiger partial charge in [-0.1, -0.05) is 6.07 Å². The van der Waals surface area contributed by atoms with Crippen LogP contribution in [0.3, 0.4) is 0 Å². The van der Waals surface area contributed by atoms with Crippen LogP contribution in [-0.4, -0.2) is 19.8 Å². The summed E-state index contributed by atoms with van der Waals surface area (Å²) in [6.07, 6.45) is 3.89. The first kappa shape index (κ1) is 16.6. The van der Waals surface area contributed by atoms with E-state index in [1.165, 1.54) is 5.69 Å². The van der Waals surface area contributed by atoms with E-state index in [1.54, 1.807) is 18.3 Å². The van der Waals surface area contributed by atoms with Crippen molar-refractivity contribution >= 4 is 23.0 Å². The molecule has 6 heteroatoms. The van der Waals surface area contributed by atoms with Gasteiger partial charge in [-0.2, -0.15) is 0 Å². The summed E-state index contributed by atoms with van der Waals surface area (Å²) in [6, 6.07) is 17.2. The van der Waals surface area contributed by atoms with Gasteiger partial charge in [0.2, 0.25) is 0 Å². The van der Waals surface area contributed by atoms with Gasteiger partial charge in [0.25, 0.3) is 0 Å². The van der Waals surface area contributed by atoms with Crippen molar-refractivity contribution in [2.24, 2.45) is 0 Å². The van der Waals surface area contributed by atoms with E-state index in [0.29, 0.717) is 5.11 Å². The van der Waals surface area contributed by atoms with Crippen LogP contribution in [0.1, 0.15) is 30.4 Å². The SMILES string of the molecule is CCn1cccc1[C@H]1[C@@H](c2ccccn2)NC(=S)N1c1ccc(O)cc1. The Hall–Kier alpha value is -2.86. The van der Waals surface area contributed by atoms with E-state index in [1.807, 2.05) is 30.3 Å².